The van der Waals surface area contributed by atoms with Crippen molar-refractivity contribution in [1.82, 2.24) is 25.4 Å². The van der Waals surface area contributed by atoms with Gasteiger partial charge in [0.25, 0.3) is 0 Å². The van der Waals surface area contributed by atoms with Crippen LogP contribution in [0.5, 0.6) is 0 Å². The molecule has 0 saturated carbocycles. The van der Waals surface area contributed by atoms with Crippen LogP contribution in [0.2, 0.25) is 10.0 Å². The SMILES string of the molecule is C=CCNC(=NCCn1cnnc1CC)NC(C)c1ccc(Cl)c(Cl)c1. The van der Waals surface area contributed by atoms with E-state index in [4.69, 9.17) is 23.2 Å². The van der Waals surface area contributed by atoms with E-state index in [0.29, 0.717) is 29.1 Å². The minimum absolute atomic E-state index is 0.0157. The quantitative estimate of drug-likeness (QED) is 0.407. The molecule has 1 aromatic heterocycles. The van der Waals surface area contributed by atoms with E-state index >= 15 is 0 Å². The van der Waals surface area contributed by atoms with Crippen LogP contribution in [0.3, 0.4) is 0 Å². The van der Waals surface area contributed by atoms with Crippen molar-refractivity contribution in [3.63, 3.8) is 0 Å². The largest absolute Gasteiger partial charge is 0.353 e. The number of hydrogen-bond acceptors (Lipinski definition) is 3. The molecule has 140 valence electrons. The molecule has 0 bridgehead atoms. The van der Waals surface area contributed by atoms with Crippen LogP contribution in [0, 0.1) is 0 Å². The van der Waals surface area contributed by atoms with Gasteiger partial charge >= 0.3 is 0 Å². The summed E-state index contributed by atoms with van der Waals surface area (Å²) in [5, 5.41) is 15.7. The first kappa shape index (κ1) is 20.3. The average Bonchev–Trinajstić information content (AvgIpc) is 3.09. The van der Waals surface area contributed by atoms with Crippen molar-refractivity contribution < 1.29 is 0 Å². The normalized spacial score (nSPS) is 12.7. The van der Waals surface area contributed by atoms with E-state index in [1.807, 2.05) is 23.6 Å². The van der Waals surface area contributed by atoms with E-state index in [9.17, 15) is 0 Å². The Morgan fingerprint density at radius 2 is 2.19 bits per heavy atom. The molecule has 26 heavy (non-hydrogen) atoms. The Morgan fingerprint density at radius 1 is 1.38 bits per heavy atom. The zero-order valence-corrected chi connectivity index (χ0v) is 16.6. The molecular formula is C18H24Cl2N6. The number of guanidine groups is 1. The second-order valence-corrected chi connectivity index (χ2v) is 6.55. The summed E-state index contributed by atoms with van der Waals surface area (Å²) in [4.78, 5) is 4.63. The Bertz CT molecular complexity index is 756. The average molecular weight is 395 g/mol. The molecule has 2 N–H and O–H groups in total. The second kappa shape index (κ2) is 10.2. The predicted octanol–water partition coefficient (Wildman–Crippen LogP) is 3.63. The number of nitrogens with one attached hydrogen (secondary N) is 2. The van der Waals surface area contributed by atoms with Crippen LogP contribution in [-0.4, -0.2) is 33.8 Å². The Balaban J connectivity index is 2.02. The van der Waals surface area contributed by atoms with E-state index in [2.05, 4.69) is 39.3 Å². The number of halogens is 2. The van der Waals surface area contributed by atoms with E-state index in [0.717, 1.165) is 24.4 Å². The van der Waals surface area contributed by atoms with Crippen LogP contribution in [0.1, 0.15) is 31.3 Å². The van der Waals surface area contributed by atoms with Gasteiger partial charge in [0.2, 0.25) is 0 Å². The fraction of sp³-hybridized carbons (Fsp3) is 0.389. The summed E-state index contributed by atoms with van der Waals surface area (Å²) >= 11 is 12.1. The molecule has 0 radical (unpaired) electrons. The topological polar surface area (TPSA) is 67.1 Å². The molecule has 0 saturated heterocycles. The summed E-state index contributed by atoms with van der Waals surface area (Å²) in [7, 11) is 0. The van der Waals surface area contributed by atoms with Gasteiger partial charge in [-0.25, -0.2) is 0 Å². The summed E-state index contributed by atoms with van der Waals surface area (Å²) in [5.74, 6) is 1.66. The Labute approximate surface area is 164 Å². The number of aliphatic imine (C=N–C) groups is 1. The molecule has 0 aliphatic carbocycles. The molecule has 6 nitrogen and oxygen atoms in total. The fourth-order valence-corrected chi connectivity index (χ4v) is 2.71. The standard InChI is InChI=1S/C18H24Cl2N6/c1-4-8-21-18(22-9-10-26-12-23-25-17(26)5-2)24-13(3)14-6-7-15(19)16(20)11-14/h4,6-7,11-13H,1,5,8-10H2,2-3H3,(H2,21,22,24). The highest BCUT2D eigenvalue weighted by Crippen LogP contribution is 2.25. The monoisotopic (exact) mass is 394 g/mol. The van der Waals surface area contributed by atoms with Gasteiger partial charge in [-0.3, -0.25) is 4.99 Å². The first-order valence-corrected chi connectivity index (χ1v) is 9.28. The van der Waals surface area contributed by atoms with Gasteiger partial charge in [-0.05, 0) is 24.6 Å². The van der Waals surface area contributed by atoms with Gasteiger partial charge < -0.3 is 15.2 Å². The number of rotatable bonds is 8. The summed E-state index contributed by atoms with van der Waals surface area (Å²) in [6.07, 6.45) is 4.37. The van der Waals surface area contributed by atoms with E-state index < -0.39 is 0 Å². The number of aromatic nitrogens is 3. The molecule has 0 spiro atoms. The molecule has 1 aromatic carbocycles. The smallest absolute Gasteiger partial charge is 0.192 e. The van der Waals surface area contributed by atoms with Crippen LogP contribution >= 0.6 is 23.2 Å². The Morgan fingerprint density at radius 3 is 2.88 bits per heavy atom. The van der Waals surface area contributed by atoms with Gasteiger partial charge in [0.15, 0.2) is 5.96 Å². The van der Waals surface area contributed by atoms with Crippen molar-refractivity contribution in [2.75, 3.05) is 13.1 Å². The molecule has 1 heterocycles. The minimum atomic E-state index is 0.0157. The van der Waals surface area contributed by atoms with Gasteiger partial charge in [-0.15, -0.1) is 16.8 Å². The highest BCUT2D eigenvalue weighted by molar-refractivity contribution is 6.42. The third kappa shape index (κ3) is 5.75. The number of nitrogens with zero attached hydrogens (tertiary/aromatic N) is 4. The number of hydrogen-bond donors (Lipinski definition) is 2. The van der Waals surface area contributed by atoms with Gasteiger partial charge in [0.1, 0.15) is 12.2 Å². The molecule has 0 amide bonds. The lowest BCUT2D eigenvalue weighted by Crippen LogP contribution is -2.39. The lowest BCUT2D eigenvalue weighted by Gasteiger charge is -2.19. The molecule has 1 unspecified atom stereocenters. The fourth-order valence-electron chi connectivity index (χ4n) is 2.40. The Kier molecular flexibility index (Phi) is 7.94. The van der Waals surface area contributed by atoms with Crippen molar-refractivity contribution in [3.05, 3.63) is 58.6 Å². The van der Waals surface area contributed by atoms with Gasteiger partial charge in [0.05, 0.1) is 22.6 Å². The van der Waals surface area contributed by atoms with E-state index in [1.54, 1.807) is 18.5 Å². The van der Waals surface area contributed by atoms with Gasteiger partial charge in [-0.1, -0.05) is 42.3 Å². The third-order valence-corrected chi connectivity index (χ3v) is 4.57. The zero-order chi connectivity index (χ0) is 18.9. The maximum atomic E-state index is 6.11. The molecular weight excluding hydrogens is 371 g/mol. The minimum Gasteiger partial charge on any atom is -0.353 e. The maximum Gasteiger partial charge on any atom is 0.192 e. The molecule has 0 aliphatic heterocycles. The summed E-state index contributed by atoms with van der Waals surface area (Å²) in [5.41, 5.74) is 1.03. The second-order valence-electron chi connectivity index (χ2n) is 5.73. The van der Waals surface area contributed by atoms with Crippen LogP contribution in [-0.2, 0) is 13.0 Å². The number of aryl methyl sites for hydroxylation is 1. The predicted molar refractivity (Wildman–Crippen MR) is 108 cm³/mol. The van der Waals surface area contributed by atoms with E-state index in [-0.39, 0.29) is 6.04 Å². The molecule has 2 rings (SSSR count). The molecule has 0 fully saturated rings. The first-order chi connectivity index (χ1) is 12.5. The lowest BCUT2D eigenvalue weighted by atomic mass is 10.1. The van der Waals surface area contributed by atoms with Crippen molar-refractivity contribution >= 4 is 29.2 Å². The molecule has 2 aromatic rings. The van der Waals surface area contributed by atoms with Crippen molar-refractivity contribution in [1.29, 1.82) is 0 Å². The maximum absolute atomic E-state index is 6.11. The molecule has 8 heteroatoms. The summed E-state index contributed by atoms with van der Waals surface area (Å²) in [6.45, 7) is 9.78. The zero-order valence-electron chi connectivity index (χ0n) is 15.0. The van der Waals surface area contributed by atoms with Crippen molar-refractivity contribution in [2.24, 2.45) is 4.99 Å². The Hall–Kier alpha value is -2.05. The third-order valence-electron chi connectivity index (χ3n) is 3.83. The van der Waals surface area contributed by atoms with Gasteiger partial charge in [0, 0.05) is 19.5 Å². The van der Waals surface area contributed by atoms with E-state index in [1.165, 1.54) is 0 Å². The molecule has 0 aliphatic rings. The molecule has 1 atom stereocenters. The van der Waals surface area contributed by atoms with Gasteiger partial charge in [-0.2, -0.15) is 0 Å². The van der Waals surface area contributed by atoms with Crippen LogP contribution in [0.15, 0.2) is 42.2 Å². The summed E-state index contributed by atoms with van der Waals surface area (Å²) < 4.78 is 2.01. The highest BCUT2D eigenvalue weighted by Gasteiger charge is 2.10. The van der Waals surface area contributed by atoms with Crippen LogP contribution < -0.4 is 10.6 Å². The first-order valence-electron chi connectivity index (χ1n) is 8.52. The van der Waals surface area contributed by atoms with Crippen molar-refractivity contribution in [3.8, 4) is 0 Å². The number of benzene rings is 1. The van der Waals surface area contributed by atoms with Crippen LogP contribution in [0.4, 0.5) is 0 Å². The highest BCUT2D eigenvalue weighted by atomic mass is 35.5. The lowest BCUT2D eigenvalue weighted by molar-refractivity contribution is 0.651. The van der Waals surface area contributed by atoms with Crippen molar-refractivity contribution in [2.45, 2.75) is 32.9 Å². The summed E-state index contributed by atoms with van der Waals surface area (Å²) in [6, 6.07) is 5.62. The van der Waals surface area contributed by atoms with Crippen LogP contribution in [0.25, 0.3) is 0 Å².